The Balaban J connectivity index is 1.97. The zero-order valence-corrected chi connectivity index (χ0v) is 15.6. The molecule has 0 radical (unpaired) electrons. The Kier molecular flexibility index (Phi) is 6.33. The number of ether oxygens (including phenoxy) is 1. The summed E-state index contributed by atoms with van der Waals surface area (Å²) in [6, 6.07) is 9.23. The minimum Gasteiger partial charge on any atom is -0.496 e. The molecule has 2 aromatic rings. The predicted octanol–water partition coefficient (Wildman–Crippen LogP) is 2.59. The fourth-order valence-corrected chi connectivity index (χ4v) is 2.42. The van der Waals surface area contributed by atoms with Gasteiger partial charge in [-0.1, -0.05) is 18.2 Å². The molecule has 2 N–H and O–H groups in total. The average molecular weight is 355 g/mol. The first-order valence-electron chi connectivity index (χ1n) is 8.48. The van der Waals surface area contributed by atoms with Crippen LogP contribution in [-0.2, 0) is 6.42 Å². The first-order chi connectivity index (χ1) is 12.3. The Labute approximate surface area is 154 Å². The highest BCUT2D eigenvalue weighted by atomic mass is 16.5. The van der Waals surface area contributed by atoms with Gasteiger partial charge in [0.05, 0.1) is 18.2 Å². The minimum absolute atomic E-state index is 0.256. The Morgan fingerprint density at radius 3 is 2.38 bits per heavy atom. The maximum absolute atomic E-state index is 12.3. The molecule has 2 amide bonds. The molecule has 0 spiro atoms. The highest BCUT2D eigenvalue weighted by molar-refractivity contribution is 5.99. The van der Waals surface area contributed by atoms with Crippen LogP contribution in [0.4, 0.5) is 0 Å². The van der Waals surface area contributed by atoms with Crippen molar-refractivity contribution in [3.63, 3.8) is 0 Å². The number of methoxy groups -OCH3 is 1. The summed E-state index contributed by atoms with van der Waals surface area (Å²) in [5.41, 5.74) is 1.37. The van der Waals surface area contributed by atoms with Crippen molar-refractivity contribution in [3.8, 4) is 5.75 Å². The van der Waals surface area contributed by atoms with Gasteiger partial charge in [0.25, 0.3) is 11.8 Å². The summed E-state index contributed by atoms with van der Waals surface area (Å²) in [6.07, 6.45) is 3.55. The van der Waals surface area contributed by atoms with Gasteiger partial charge in [-0.3, -0.25) is 14.6 Å². The van der Waals surface area contributed by atoms with E-state index in [1.165, 1.54) is 12.4 Å². The Morgan fingerprint density at radius 2 is 1.73 bits per heavy atom. The first kappa shape index (κ1) is 19.4. The van der Waals surface area contributed by atoms with Gasteiger partial charge in [-0.15, -0.1) is 0 Å². The van der Waals surface area contributed by atoms with E-state index in [0.717, 1.165) is 11.3 Å². The van der Waals surface area contributed by atoms with E-state index in [2.05, 4.69) is 15.6 Å². The van der Waals surface area contributed by atoms with Gasteiger partial charge >= 0.3 is 0 Å². The number of rotatable bonds is 6. The van der Waals surface area contributed by atoms with Crippen LogP contribution in [0.1, 0.15) is 47.1 Å². The average Bonchev–Trinajstić information content (AvgIpc) is 2.60. The Hall–Kier alpha value is -2.89. The lowest BCUT2D eigenvalue weighted by Gasteiger charge is -2.20. The van der Waals surface area contributed by atoms with Crippen molar-refractivity contribution in [1.29, 1.82) is 0 Å². The van der Waals surface area contributed by atoms with Crippen LogP contribution in [0.5, 0.6) is 5.75 Å². The number of para-hydroxylation sites is 1. The molecule has 0 aliphatic carbocycles. The van der Waals surface area contributed by atoms with Crippen LogP contribution in [0.2, 0.25) is 0 Å². The van der Waals surface area contributed by atoms with Gasteiger partial charge < -0.3 is 15.4 Å². The molecule has 0 aliphatic rings. The summed E-state index contributed by atoms with van der Waals surface area (Å²) in [5, 5.41) is 5.70. The molecule has 2 rings (SSSR count). The largest absolute Gasteiger partial charge is 0.496 e. The number of nitrogens with zero attached hydrogens (tertiary/aromatic N) is 1. The van der Waals surface area contributed by atoms with Crippen LogP contribution in [-0.4, -0.2) is 36.0 Å². The second-order valence-corrected chi connectivity index (χ2v) is 6.98. The summed E-state index contributed by atoms with van der Waals surface area (Å²) in [5.74, 6) is 0.274. The normalized spacial score (nSPS) is 10.9. The number of carbonyl (C=O) groups excluding carboxylic acids is 2. The van der Waals surface area contributed by atoms with E-state index in [4.69, 9.17) is 4.74 Å². The Morgan fingerprint density at radius 1 is 1.08 bits per heavy atom. The topological polar surface area (TPSA) is 80.3 Å². The molecule has 0 saturated heterocycles. The van der Waals surface area contributed by atoms with Gasteiger partial charge in [-0.05, 0) is 44.9 Å². The molecule has 0 fully saturated rings. The number of pyridine rings is 1. The number of hydrogen-bond acceptors (Lipinski definition) is 4. The number of aromatic nitrogens is 1. The van der Waals surface area contributed by atoms with Crippen LogP contribution in [0, 0.1) is 0 Å². The van der Waals surface area contributed by atoms with E-state index in [-0.39, 0.29) is 17.4 Å². The van der Waals surface area contributed by atoms with E-state index in [9.17, 15) is 9.59 Å². The lowest BCUT2D eigenvalue weighted by molar-refractivity contribution is 0.0919. The van der Waals surface area contributed by atoms with Gasteiger partial charge in [-0.25, -0.2) is 0 Å². The van der Waals surface area contributed by atoms with Crippen molar-refractivity contribution in [2.75, 3.05) is 13.7 Å². The molecule has 0 unspecified atom stereocenters. The first-order valence-corrected chi connectivity index (χ1v) is 8.48. The molecule has 0 aliphatic heterocycles. The quantitative estimate of drug-likeness (QED) is 0.835. The van der Waals surface area contributed by atoms with Gasteiger partial charge in [0.1, 0.15) is 5.75 Å². The summed E-state index contributed by atoms with van der Waals surface area (Å²) in [4.78, 5) is 28.6. The van der Waals surface area contributed by atoms with Gasteiger partial charge in [0.2, 0.25) is 0 Å². The van der Waals surface area contributed by atoms with E-state index in [1.807, 2.05) is 45.0 Å². The maximum Gasteiger partial charge on any atom is 0.253 e. The lowest BCUT2D eigenvalue weighted by Crippen LogP contribution is -2.40. The molecule has 6 nitrogen and oxygen atoms in total. The molecule has 0 bridgehead atoms. The second kappa shape index (κ2) is 8.47. The van der Waals surface area contributed by atoms with Crippen LogP contribution in [0.15, 0.2) is 42.7 Å². The summed E-state index contributed by atoms with van der Waals surface area (Å²) in [6.45, 7) is 6.14. The van der Waals surface area contributed by atoms with Crippen LogP contribution in [0.3, 0.4) is 0 Å². The van der Waals surface area contributed by atoms with Crippen LogP contribution >= 0.6 is 0 Å². The van der Waals surface area contributed by atoms with E-state index in [0.29, 0.717) is 24.1 Å². The number of amides is 2. The summed E-state index contributed by atoms with van der Waals surface area (Å²) in [7, 11) is 1.62. The zero-order valence-electron chi connectivity index (χ0n) is 15.6. The molecule has 138 valence electrons. The fraction of sp³-hybridized carbons (Fsp3) is 0.350. The lowest BCUT2D eigenvalue weighted by atomic mass is 10.1. The van der Waals surface area contributed by atoms with E-state index in [1.54, 1.807) is 13.2 Å². The number of nitrogens with one attached hydrogen (secondary N) is 2. The third-order valence-electron chi connectivity index (χ3n) is 3.62. The minimum atomic E-state index is -0.357. The predicted molar refractivity (Wildman–Crippen MR) is 100 cm³/mol. The van der Waals surface area contributed by atoms with Gasteiger partial charge in [-0.2, -0.15) is 0 Å². The van der Waals surface area contributed by atoms with Crippen molar-refractivity contribution < 1.29 is 14.3 Å². The highest BCUT2D eigenvalue weighted by Gasteiger charge is 2.17. The molecular formula is C20H25N3O3. The second-order valence-electron chi connectivity index (χ2n) is 6.98. The summed E-state index contributed by atoms with van der Waals surface area (Å²) < 4.78 is 5.30. The van der Waals surface area contributed by atoms with Crippen molar-refractivity contribution in [2.24, 2.45) is 0 Å². The number of hydrogen-bond donors (Lipinski definition) is 2. The fourth-order valence-electron chi connectivity index (χ4n) is 2.42. The molecule has 0 saturated carbocycles. The molecule has 1 aromatic heterocycles. The van der Waals surface area contributed by atoms with Crippen molar-refractivity contribution >= 4 is 11.8 Å². The van der Waals surface area contributed by atoms with Crippen molar-refractivity contribution in [3.05, 3.63) is 59.4 Å². The molecular weight excluding hydrogens is 330 g/mol. The highest BCUT2D eigenvalue weighted by Crippen LogP contribution is 2.17. The smallest absolute Gasteiger partial charge is 0.253 e. The van der Waals surface area contributed by atoms with E-state index < -0.39 is 0 Å². The molecule has 1 aromatic carbocycles. The summed E-state index contributed by atoms with van der Waals surface area (Å²) >= 11 is 0. The SMILES string of the molecule is COc1ccccc1CCNC(=O)c1cncc(C(=O)NC(C)(C)C)c1. The standard InChI is InChI=1S/C20H25N3O3/c1-20(2,3)23-19(25)16-11-15(12-21-13-16)18(24)22-10-9-14-7-5-6-8-17(14)26-4/h5-8,11-13H,9-10H2,1-4H3,(H,22,24)(H,23,25). The number of benzene rings is 1. The van der Waals surface area contributed by atoms with Crippen molar-refractivity contribution in [2.45, 2.75) is 32.7 Å². The van der Waals surface area contributed by atoms with Crippen molar-refractivity contribution in [1.82, 2.24) is 15.6 Å². The number of carbonyl (C=O) groups is 2. The molecule has 26 heavy (non-hydrogen) atoms. The van der Waals surface area contributed by atoms with Crippen LogP contribution < -0.4 is 15.4 Å². The monoisotopic (exact) mass is 355 g/mol. The third kappa shape index (κ3) is 5.58. The van der Waals surface area contributed by atoms with E-state index >= 15 is 0 Å². The van der Waals surface area contributed by atoms with Crippen LogP contribution in [0.25, 0.3) is 0 Å². The Bertz CT molecular complexity index is 782. The maximum atomic E-state index is 12.3. The van der Waals surface area contributed by atoms with Gasteiger partial charge in [0, 0.05) is 24.5 Å². The molecule has 0 atom stereocenters. The zero-order chi connectivity index (χ0) is 19.2. The van der Waals surface area contributed by atoms with Gasteiger partial charge in [0.15, 0.2) is 0 Å². The molecule has 6 heteroatoms. The third-order valence-corrected chi connectivity index (χ3v) is 3.62. The molecule has 1 heterocycles.